The molecule has 1 amide bonds. The Morgan fingerprint density at radius 1 is 1.25 bits per heavy atom. The molecule has 3 rings (SSSR count). The van der Waals surface area contributed by atoms with E-state index >= 15 is 0 Å². The van der Waals surface area contributed by atoms with Crippen molar-refractivity contribution >= 4 is 11.6 Å². The molecule has 0 aromatic heterocycles. The van der Waals surface area contributed by atoms with Crippen LogP contribution < -0.4 is 5.32 Å². The van der Waals surface area contributed by atoms with Crippen molar-refractivity contribution in [3.05, 3.63) is 29.8 Å². The zero-order chi connectivity index (χ0) is 16.8. The number of nitrogens with zero attached hydrogens (tertiary/aromatic N) is 1. The van der Waals surface area contributed by atoms with Gasteiger partial charge in [-0.2, -0.15) is 0 Å². The highest BCUT2D eigenvalue weighted by atomic mass is 16.5. The van der Waals surface area contributed by atoms with E-state index in [9.17, 15) is 4.79 Å². The highest BCUT2D eigenvalue weighted by Crippen LogP contribution is 2.23. The molecule has 2 fully saturated rings. The molecule has 2 atom stereocenters. The van der Waals surface area contributed by atoms with Gasteiger partial charge in [0.1, 0.15) is 6.10 Å². The smallest absolute Gasteiger partial charge is 0.256 e. The fraction of sp³-hybridized carbons (Fsp3) is 0.632. The molecule has 5 nitrogen and oxygen atoms in total. The van der Waals surface area contributed by atoms with Gasteiger partial charge >= 0.3 is 0 Å². The van der Waals surface area contributed by atoms with Crippen LogP contribution in [0.4, 0.5) is 5.69 Å². The van der Waals surface area contributed by atoms with E-state index in [1.54, 1.807) is 0 Å². The minimum absolute atomic E-state index is 0.00501. The van der Waals surface area contributed by atoms with Crippen LogP contribution in [0.1, 0.15) is 43.0 Å². The number of carbonyl (C=O) groups is 1. The second kappa shape index (κ2) is 8.49. The van der Waals surface area contributed by atoms with Crippen LogP contribution >= 0.6 is 0 Å². The van der Waals surface area contributed by atoms with Crippen molar-refractivity contribution in [1.82, 2.24) is 4.90 Å². The second-order valence-corrected chi connectivity index (χ2v) is 6.54. The summed E-state index contributed by atoms with van der Waals surface area (Å²) in [7, 11) is 0. The van der Waals surface area contributed by atoms with E-state index in [1.165, 1.54) is 0 Å². The van der Waals surface area contributed by atoms with Crippen LogP contribution in [0.3, 0.4) is 0 Å². The van der Waals surface area contributed by atoms with Gasteiger partial charge < -0.3 is 19.7 Å². The van der Waals surface area contributed by atoms with Crippen LogP contribution in [0.25, 0.3) is 0 Å². The lowest BCUT2D eigenvalue weighted by molar-refractivity contribution is -0.0867. The van der Waals surface area contributed by atoms with Crippen molar-refractivity contribution in [2.24, 2.45) is 0 Å². The minimum atomic E-state index is 0.00501. The van der Waals surface area contributed by atoms with Crippen molar-refractivity contribution < 1.29 is 14.3 Å². The Kier molecular flexibility index (Phi) is 6.10. The van der Waals surface area contributed by atoms with Crippen LogP contribution in [0.2, 0.25) is 0 Å². The summed E-state index contributed by atoms with van der Waals surface area (Å²) >= 11 is 0. The summed E-state index contributed by atoms with van der Waals surface area (Å²) < 4.78 is 11.6. The highest BCUT2D eigenvalue weighted by molar-refractivity contribution is 5.99. The molecule has 24 heavy (non-hydrogen) atoms. The number of nitrogens with one attached hydrogen (secondary N) is 1. The molecule has 2 unspecified atom stereocenters. The monoisotopic (exact) mass is 332 g/mol. The molecule has 2 heterocycles. The molecule has 0 aliphatic carbocycles. The number of carbonyl (C=O) groups excluding carboxylic acids is 1. The van der Waals surface area contributed by atoms with Gasteiger partial charge in [0.2, 0.25) is 0 Å². The molecule has 2 saturated heterocycles. The maximum absolute atomic E-state index is 13.0. The molecule has 2 aliphatic rings. The molecule has 2 aliphatic heterocycles. The molecule has 0 spiro atoms. The van der Waals surface area contributed by atoms with Crippen molar-refractivity contribution in [1.29, 1.82) is 0 Å². The molecule has 1 N–H and O–H groups in total. The lowest BCUT2D eigenvalue weighted by Crippen LogP contribution is -2.49. The summed E-state index contributed by atoms with van der Waals surface area (Å²) in [5.41, 5.74) is 1.68. The third kappa shape index (κ3) is 4.08. The first-order valence-electron chi connectivity index (χ1n) is 9.15. The third-order valence-electron chi connectivity index (χ3n) is 4.76. The van der Waals surface area contributed by atoms with Gasteiger partial charge in [-0.3, -0.25) is 4.79 Å². The average molecular weight is 332 g/mol. The van der Waals surface area contributed by atoms with E-state index in [-0.39, 0.29) is 18.1 Å². The fourth-order valence-electron chi connectivity index (χ4n) is 3.37. The first kappa shape index (κ1) is 17.2. The summed E-state index contributed by atoms with van der Waals surface area (Å²) in [5.74, 6) is 0.0842. The molecule has 0 bridgehead atoms. The van der Waals surface area contributed by atoms with Crippen molar-refractivity contribution in [2.45, 2.75) is 44.8 Å². The van der Waals surface area contributed by atoms with E-state index < -0.39 is 0 Å². The predicted molar refractivity (Wildman–Crippen MR) is 94.5 cm³/mol. The van der Waals surface area contributed by atoms with Crippen molar-refractivity contribution in [3.8, 4) is 0 Å². The zero-order valence-corrected chi connectivity index (χ0v) is 14.5. The zero-order valence-electron chi connectivity index (χ0n) is 14.5. The Morgan fingerprint density at radius 2 is 2.08 bits per heavy atom. The Morgan fingerprint density at radius 3 is 2.88 bits per heavy atom. The van der Waals surface area contributed by atoms with Crippen LogP contribution in [-0.4, -0.2) is 55.9 Å². The standard InChI is InChI=1S/C19H28N2O3/c1-2-3-10-20-16-8-5-4-7-15(16)19(22)21-11-13-24-18(14-21)17-9-6-12-23-17/h4-5,7-8,17-18,20H,2-3,6,9-14H2,1H3. The molecule has 1 aromatic rings. The normalized spacial score (nSPS) is 24.1. The largest absolute Gasteiger partial charge is 0.384 e. The van der Waals surface area contributed by atoms with Gasteiger partial charge in [0, 0.05) is 31.9 Å². The molecule has 5 heteroatoms. The first-order chi connectivity index (χ1) is 11.8. The van der Waals surface area contributed by atoms with Crippen molar-refractivity contribution in [2.75, 3.05) is 38.2 Å². The number of hydrogen-bond donors (Lipinski definition) is 1. The molecule has 1 aromatic carbocycles. The van der Waals surface area contributed by atoms with E-state index in [4.69, 9.17) is 9.47 Å². The van der Waals surface area contributed by atoms with Gasteiger partial charge in [-0.1, -0.05) is 25.5 Å². The Hall–Kier alpha value is -1.59. The molecule has 0 saturated carbocycles. The van der Waals surface area contributed by atoms with Gasteiger partial charge in [0.05, 0.1) is 18.3 Å². The lowest BCUT2D eigenvalue weighted by Gasteiger charge is -2.35. The number of hydrogen-bond acceptors (Lipinski definition) is 4. The number of rotatable bonds is 6. The molecular formula is C19H28N2O3. The number of amides is 1. The van der Waals surface area contributed by atoms with Crippen LogP contribution in [-0.2, 0) is 9.47 Å². The first-order valence-corrected chi connectivity index (χ1v) is 9.15. The predicted octanol–water partition coefficient (Wildman–Crippen LogP) is 2.92. The highest BCUT2D eigenvalue weighted by Gasteiger charge is 2.33. The summed E-state index contributed by atoms with van der Waals surface area (Å²) in [6.07, 6.45) is 4.49. The van der Waals surface area contributed by atoms with Crippen LogP contribution in [0, 0.1) is 0 Å². The summed E-state index contributed by atoms with van der Waals surface area (Å²) in [6.45, 7) is 5.71. The van der Waals surface area contributed by atoms with E-state index in [0.29, 0.717) is 19.7 Å². The second-order valence-electron chi connectivity index (χ2n) is 6.54. The molecule has 132 valence electrons. The Labute approximate surface area is 144 Å². The van der Waals surface area contributed by atoms with Crippen LogP contribution in [0.15, 0.2) is 24.3 Å². The number of benzene rings is 1. The number of morpholine rings is 1. The Bertz CT molecular complexity index is 543. The van der Waals surface area contributed by atoms with Gasteiger partial charge in [-0.05, 0) is 31.4 Å². The topological polar surface area (TPSA) is 50.8 Å². The fourth-order valence-corrected chi connectivity index (χ4v) is 3.37. The number of unbranched alkanes of at least 4 members (excludes halogenated alkanes) is 1. The van der Waals surface area contributed by atoms with Gasteiger partial charge in [-0.15, -0.1) is 0 Å². The Balaban J connectivity index is 1.66. The van der Waals surface area contributed by atoms with E-state index in [2.05, 4.69) is 12.2 Å². The van der Waals surface area contributed by atoms with Crippen molar-refractivity contribution in [3.63, 3.8) is 0 Å². The average Bonchev–Trinajstić information content (AvgIpc) is 3.17. The van der Waals surface area contributed by atoms with Crippen LogP contribution in [0.5, 0.6) is 0 Å². The number of ether oxygens (including phenoxy) is 2. The van der Waals surface area contributed by atoms with Gasteiger partial charge in [0.15, 0.2) is 0 Å². The minimum Gasteiger partial charge on any atom is -0.384 e. The quantitative estimate of drug-likeness (QED) is 0.814. The molecule has 0 radical (unpaired) electrons. The summed E-state index contributed by atoms with van der Waals surface area (Å²) in [4.78, 5) is 14.9. The summed E-state index contributed by atoms with van der Waals surface area (Å²) in [5, 5.41) is 3.40. The summed E-state index contributed by atoms with van der Waals surface area (Å²) in [6, 6.07) is 7.80. The maximum Gasteiger partial charge on any atom is 0.256 e. The van der Waals surface area contributed by atoms with E-state index in [1.807, 2.05) is 29.2 Å². The number of para-hydroxylation sites is 1. The molecular weight excluding hydrogens is 304 g/mol. The van der Waals surface area contributed by atoms with Gasteiger partial charge in [-0.25, -0.2) is 0 Å². The lowest BCUT2D eigenvalue weighted by atomic mass is 10.1. The maximum atomic E-state index is 13.0. The van der Waals surface area contributed by atoms with Gasteiger partial charge in [0.25, 0.3) is 5.91 Å². The third-order valence-corrected chi connectivity index (χ3v) is 4.76. The SMILES string of the molecule is CCCCNc1ccccc1C(=O)N1CCOC(C2CCCO2)C1. The number of anilines is 1. The van der Waals surface area contributed by atoms with E-state index in [0.717, 1.165) is 50.1 Å².